The van der Waals surface area contributed by atoms with Crippen molar-refractivity contribution in [2.45, 2.75) is 38.5 Å². The number of ether oxygens (including phenoxy) is 1. The summed E-state index contributed by atoms with van der Waals surface area (Å²) in [5.41, 5.74) is 0.404. The van der Waals surface area contributed by atoms with Crippen LogP contribution in [0.4, 0.5) is 5.82 Å². The van der Waals surface area contributed by atoms with Gasteiger partial charge in [0.2, 0.25) is 5.91 Å². The van der Waals surface area contributed by atoms with Gasteiger partial charge in [-0.1, -0.05) is 35.5 Å². The first-order valence-electron chi connectivity index (χ1n) is 9.72. The number of nitrogens with one attached hydrogen (secondary N) is 1. The molecule has 1 aromatic carbocycles. The summed E-state index contributed by atoms with van der Waals surface area (Å²) in [6.45, 7) is 6.10. The Labute approximate surface area is 165 Å². The first kappa shape index (κ1) is 20.1. The zero-order chi connectivity index (χ0) is 20.0. The molecule has 0 spiro atoms. The van der Waals surface area contributed by atoms with Gasteiger partial charge >= 0.3 is 5.97 Å². The number of aryl methyl sites for hydroxylation is 1. The van der Waals surface area contributed by atoms with Crippen LogP contribution < -0.4 is 5.32 Å². The predicted molar refractivity (Wildman–Crippen MR) is 105 cm³/mol. The highest BCUT2D eigenvalue weighted by Crippen LogP contribution is 2.37. The van der Waals surface area contributed by atoms with Crippen molar-refractivity contribution < 1.29 is 18.8 Å². The van der Waals surface area contributed by atoms with Crippen LogP contribution in [0.5, 0.6) is 0 Å². The Morgan fingerprint density at radius 3 is 2.57 bits per heavy atom. The summed E-state index contributed by atoms with van der Waals surface area (Å²) in [4.78, 5) is 27.1. The molecule has 2 heterocycles. The Morgan fingerprint density at radius 1 is 1.25 bits per heavy atom. The largest absolute Gasteiger partial charge is 0.465 e. The Hall–Kier alpha value is -2.67. The number of amides is 1. The third kappa shape index (κ3) is 4.59. The van der Waals surface area contributed by atoms with E-state index in [-0.39, 0.29) is 11.9 Å². The average Bonchev–Trinajstić information content (AvgIpc) is 3.12. The van der Waals surface area contributed by atoms with Crippen LogP contribution in [-0.4, -0.2) is 48.2 Å². The van der Waals surface area contributed by atoms with Crippen molar-refractivity contribution in [3.63, 3.8) is 0 Å². The van der Waals surface area contributed by atoms with Crippen LogP contribution in [0.15, 0.2) is 40.9 Å². The molecule has 1 aliphatic rings. The lowest BCUT2D eigenvalue weighted by Crippen LogP contribution is -2.48. The maximum absolute atomic E-state index is 12.8. The second-order valence-electron chi connectivity index (χ2n) is 7.13. The summed E-state index contributed by atoms with van der Waals surface area (Å²) in [5, 5.41) is 6.50. The van der Waals surface area contributed by atoms with E-state index < -0.39 is 5.41 Å². The van der Waals surface area contributed by atoms with Crippen LogP contribution in [0, 0.1) is 6.92 Å². The minimum Gasteiger partial charge on any atom is -0.465 e. The quantitative estimate of drug-likeness (QED) is 0.738. The number of benzene rings is 1. The van der Waals surface area contributed by atoms with E-state index in [2.05, 4.69) is 15.4 Å². The van der Waals surface area contributed by atoms with Gasteiger partial charge in [-0.05, 0) is 45.3 Å². The maximum atomic E-state index is 12.8. The summed E-state index contributed by atoms with van der Waals surface area (Å²) < 4.78 is 10.4. The number of carbonyl (C=O) groups excluding carboxylic acids is 2. The molecule has 0 bridgehead atoms. The molecule has 0 atom stereocenters. The van der Waals surface area contributed by atoms with Gasteiger partial charge in [0.05, 0.1) is 12.0 Å². The third-order valence-corrected chi connectivity index (χ3v) is 5.25. The Bertz CT molecular complexity index is 795. The SMILES string of the molecule is CCOC(=O)C1(c2ccccc2)CCN(CCC(=O)Nc2cc(C)on2)CC1. The number of likely N-dealkylation sites (tertiary alicyclic amines) is 1. The normalized spacial score (nSPS) is 16.5. The molecule has 0 saturated carbocycles. The lowest BCUT2D eigenvalue weighted by atomic mass is 9.72. The van der Waals surface area contributed by atoms with E-state index in [4.69, 9.17) is 9.26 Å². The topological polar surface area (TPSA) is 84.7 Å². The summed E-state index contributed by atoms with van der Waals surface area (Å²) in [6.07, 6.45) is 1.73. The predicted octanol–water partition coefficient (Wildman–Crippen LogP) is 2.91. The Balaban J connectivity index is 1.56. The highest BCUT2D eigenvalue weighted by molar-refractivity contribution is 5.89. The maximum Gasteiger partial charge on any atom is 0.316 e. The molecule has 1 saturated heterocycles. The first-order valence-corrected chi connectivity index (χ1v) is 9.72. The summed E-state index contributed by atoms with van der Waals surface area (Å²) >= 11 is 0. The van der Waals surface area contributed by atoms with E-state index in [1.807, 2.05) is 37.3 Å². The molecular formula is C21H27N3O4. The van der Waals surface area contributed by atoms with Gasteiger partial charge in [0.15, 0.2) is 5.82 Å². The molecule has 2 aromatic rings. The minimum atomic E-state index is -0.603. The summed E-state index contributed by atoms with van der Waals surface area (Å²) in [7, 11) is 0. The molecule has 3 rings (SSSR count). The molecule has 1 N–H and O–H groups in total. The average molecular weight is 385 g/mol. The number of hydrogen-bond acceptors (Lipinski definition) is 6. The lowest BCUT2D eigenvalue weighted by molar-refractivity contribution is -0.152. The van der Waals surface area contributed by atoms with Crippen LogP contribution >= 0.6 is 0 Å². The highest BCUT2D eigenvalue weighted by Gasteiger charge is 2.44. The van der Waals surface area contributed by atoms with E-state index >= 15 is 0 Å². The van der Waals surface area contributed by atoms with Gasteiger partial charge in [-0.25, -0.2) is 0 Å². The van der Waals surface area contributed by atoms with Gasteiger partial charge in [-0.3, -0.25) is 9.59 Å². The van der Waals surface area contributed by atoms with Crippen molar-refractivity contribution in [3.8, 4) is 0 Å². The second kappa shape index (κ2) is 9.01. The summed E-state index contributed by atoms with van der Waals surface area (Å²) in [5.74, 6) is 0.840. The lowest BCUT2D eigenvalue weighted by Gasteiger charge is -2.40. The molecule has 0 aliphatic carbocycles. The van der Waals surface area contributed by atoms with Gasteiger partial charge in [-0.15, -0.1) is 0 Å². The van der Waals surface area contributed by atoms with E-state index in [0.717, 1.165) is 18.7 Å². The standard InChI is InChI=1S/C21H27N3O4/c1-3-27-20(26)21(17-7-5-4-6-8-17)10-13-24(14-11-21)12-9-19(25)22-18-15-16(2)28-23-18/h4-8,15H,3,9-14H2,1-2H3,(H,22,23,25). The van der Waals surface area contributed by atoms with Crippen LogP contribution in [0.3, 0.4) is 0 Å². The highest BCUT2D eigenvalue weighted by atomic mass is 16.5. The van der Waals surface area contributed by atoms with Crippen LogP contribution in [0.1, 0.15) is 37.5 Å². The van der Waals surface area contributed by atoms with E-state index in [1.165, 1.54) is 0 Å². The molecule has 7 nitrogen and oxygen atoms in total. The van der Waals surface area contributed by atoms with E-state index in [0.29, 0.717) is 44.0 Å². The summed E-state index contributed by atoms with van der Waals surface area (Å²) in [6, 6.07) is 11.6. The van der Waals surface area contributed by atoms with Gasteiger partial charge < -0.3 is 19.5 Å². The number of esters is 1. The molecule has 0 radical (unpaired) electrons. The third-order valence-electron chi connectivity index (χ3n) is 5.25. The zero-order valence-electron chi connectivity index (χ0n) is 16.4. The number of nitrogens with zero attached hydrogens (tertiary/aromatic N) is 2. The van der Waals surface area contributed by atoms with Crippen molar-refractivity contribution >= 4 is 17.7 Å². The number of carbonyl (C=O) groups is 2. The molecule has 1 amide bonds. The number of piperidine rings is 1. The van der Waals surface area contributed by atoms with Gasteiger partial charge in [0, 0.05) is 19.0 Å². The number of hydrogen-bond donors (Lipinski definition) is 1. The minimum absolute atomic E-state index is 0.0985. The van der Waals surface area contributed by atoms with Crippen LogP contribution in [0.2, 0.25) is 0 Å². The first-order chi connectivity index (χ1) is 13.5. The van der Waals surface area contributed by atoms with Crippen molar-refractivity contribution in [3.05, 3.63) is 47.7 Å². The van der Waals surface area contributed by atoms with Crippen molar-refractivity contribution in [1.29, 1.82) is 0 Å². The molecule has 0 unspecified atom stereocenters. The molecule has 150 valence electrons. The van der Waals surface area contributed by atoms with Crippen molar-refractivity contribution in [1.82, 2.24) is 10.1 Å². The number of rotatable bonds is 7. The fourth-order valence-corrected chi connectivity index (χ4v) is 3.69. The fraction of sp³-hybridized carbons (Fsp3) is 0.476. The number of anilines is 1. The monoisotopic (exact) mass is 385 g/mol. The smallest absolute Gasteiger partial charge is 0.316 e. The molecule has 1 aliphatic heterocycles. The van der Waals surface area contributed by atoms with Gasteiger partial charge in [0.1, 0.15) is 5.76 Å². The van der Waals surface area contributed by atoms with Crippen LogP contribution in [0.25, 0.3) is 0 Å². The zero-order valence-corrected chi connectivity index (χ0v) is 16.4. The van der Waals surface area contributed by atoms with E-state index in [9.17, 15) is 9.59 Å². The van der Waals surface area contributed by atoms with Gasteiger partial charge in [-0.2, -0.15) is 0 Å². The van der Waals surface area contributed by atoms with Crippen molar-refractivity contribution in [2.24, 2.45) is 0 Å². The molecule has 28 heavy (non-hydrogen) atoms. The molecule has 1 fully saturated rings. The second-order valence-corrected chi connectivity index (χ2v) is 7.13. The molecule has 7 heteroatoms. The van der Waals surface area contributed by atoms with Crippen molar-refractivity contribution in [2.75, 3.05) is 31.6 Å². The van der Waals surface area contributed by atoms with Crippen LogP contribution in [-0.2, 0) is 19.7 Å². The fourth-order valence-electron chi connectivity index (χ4n) is 3.69. The Morgan fingerprint density at radius 2 is 1.96 bits per heavy atom. The van der Waals surface area contributed by atoms with Gasteiger partial charge in [0.25, 0.3) is 0 Å². The number of aromatic nitrogens is 1. The van der Waals surface area contributed by atoms with E-state index in [1.54, 1.807) is 13.0 Å². The molecular weight excluding hydrogens is 358 g/mol. The molecule has 1 aromatic heterocycles. The Kier molecular flexibility index (Phi) is 6.46.